The molecule has 1 saturated carbocycles. The molecule has 1 aliphatic carbocycles. The van der Waals surface area contributed by atoms with Crippen molar-refractivity contribution in [1.82, 2.24) is 29.6 Å². The van der Waals surface area contributed by atoms with E-state index in [1.54, 1.807) is 4.68 Å². The molecular formula is C27H30FN7O2. The molecule has 0 unspecified atom stereocenters. The van der Waals surface area contributed by atoms with Crippen LogP contribution in [0.25, 0.3) is 16.9 Å². The first-order valence-electron chi connectivity index (χ1n) is 12.6. The number of fused-ring (bicyclic) bond motifs is 2. The third-order valence-electron chi connectivity index (χ3n) is 7.65. The van der Waals surface area contributed by atoms with Crippen molar-refractivity contribution >= 4 is 22.7 Å². The monoisotopic (exact) mass is 503 g/mol. The Morgan fingerprint density at radius 2 is 2.00 bits per heavy atom. The van der Waals surface area contributed by atoms with E-state index >= 15 is 0 Å². The van der Waals surface area contributed by atoms with Crippen LogP contribution in [0.5, 0.6) is 0 Å². The van der Waals surface area contributed by atoms with E-state index < -0.39 is 11.2 Å². The zero-order valence-corrected chi connectivity index (χ0v) is 21.2. The van der Waals surface area contributed by atoms with Gasteiger partial charge in [0.05, 0.1) is 12.3 Å². The van der Waals surface area contributed by atoms with E-state index in [-0.39, 0.29) is 23.3 Å². The molecule has 1 fully saturated rings. The molecule has 9 nitrogen and oxygen atoms in total. The van der Waals surface area contributed by atoms with Gasteiger partial charge in [0.15, 0.2) is 11.5 Å². The van der Waals surface area contributed by atoms with Crippen molar-refractivity contribution in [1.29, 1.82) is 0 Å². The minimum Gasteiger partial charge on any atom is -0.395 e. The first kappa shape index (κ1) is 23.7. The third kappa shape index (κ3) is 3.82. The SMILES string of the molecule is CCn1c(=O)c2cnc(Nc3ccc4c(c3)CNCC4(C)C)nc2n1-c1ccc(F)c(C2(CO)CC2)n1. The number of nitrogens with one attached hydrogen (secondary N) is 2. The number of halogens is 1. The summed E-state index contributed by atoms with van der Waals surface area (Å²) < 4.78 is 17.8. The summed E-state index contributed by atoms with van der Waals surface area (Å²) in [5, 5.41) is 16.9. The zero-order chi connectivity index (χ0) is 25.9. The number of pyridine rings is 1. The molecule has 1 aromatic carbocycles. The van der Waals surface area contributed by atoms with Crippen LogP contribution in [-0.2, 0) is 23.9 Å². The standard InChI is InChI=1S/C27H30FN7O2/c1-4-34-24(37)18-13-30-25(31-17-5-6-19-16(11-17)12-29-14-26(19,2)3)33-23(18)35(34)21-8-7-20(28)22(32-21)27(15-36)9-10-27/h5-8,11,13,29,36H,4,9-10,12,14-15H2,1-3H3,(H,30,31,33). The van der Waals surface area contributed by atoms with Gasteiger partial charge < -0.3 is 15.7 Å². The van der Waals surface area contributed by atoms with Crippen LogP contribution in [0.1, 0.15) is 50.4 Å². The lowest BCUT2D eigenvalue weighted by atomic mass is 9.79. The van der Waals surface area contributed by atoms with Gasteiger partial charge in [0.25, 0.3) is 5.56 Å². The van der Waals surface area contributed by atoms with Crippen LogP contribution < -0.4 is 16.2 Å². The van der Waals surface area contributed by atoms with Crippen molar-refractivity contribution in [2.45, 2.75) is 57.5 Å². The molecule has 4 aromatic rings. The van der Waals surface area contributed by atoms with Gasteiger partial charge in [0, 0.05) is 42.3 Å². The molecule has 3 N–H and O–H groups in total. The van der Waals surface area contributed by atoms with Gasteiger partial charge >= 0.3 is 0 Å². The Balaban J connectivity index is 1.43. The summed E-state index contributed by atoms with van der Waals surface area (Å²) >= 11 is 0. The van der Waals surface area contributed by atoms with Gasteiger partial charge in [-0.05, 0) is 55.2 Å². The summed E-state index contributed by atoms with van der Waals surface area (Å²) in [6.07, 6.45) is 2.86. The van der Waals surface area contributed by atoms with E-state index in [4.69, 9.17) is 0 Å². The predicted octanol–water partition coefficient (Wildman–Crippen LogP) is 3.28. The Morgan fingerprint density at radius 1 is 1.19 bits per heavy atom. The molecule has 37 heavy (non-hydrogen) atoms. The summed E-state index contributed by atoms with van der Waals surface area (Å²) in [7, 11) is 0. The Kier molecular flexibility index (Phi) is 5.43. The maximum Gasteiger partial charge on any atom is 0.278 e. The number of aliphatic hydroxyl groups excluding tert-OH is 1. The second-order valence-corrected chi connectivity index (χ2v) is 10.7. The molecule has 10 heteroatoms. The van der Waals surface area contributed by atoms with Crippen LogP contribution in [0.4, 0.5) is 16.0 Å². The Morgan fingerprint density at radius 3 is 2.73 bits per heavy atom. The van der Waals surface area contributed by atoms with Crippen LogP contribution in [0.2, 0.25) is 0 Å². The maximum atomic E-state index is 14.7. The van der Waals surface area contributed by atoms with Crippen molar-refractivity contribution in [3.8, 4) is 5.82 Å². The second-order valence-electron chi connectivity index (χ2n) is 10.7. The number of benzene rings is 1. The van der Waals surface area contributed by atoms with Gasteiger partial charge in [0.1, 0.15) is 11.2 Å². The molecule has 192 valence electrons. The van der Waals surface area contributed by atoms with E-state index in [1.807, 2.05) is 13.0 Å². The number of aliphatic hydroxyl groups is 1. The van der Waals surface area contributed by atoms with Gasteiger partial charge in [-0.25, -0.2) is 23.7 Å². The predicted molar refractivity (Wildman–Crippen MR) is 139 cm³/mol. The van der Waals surface area contributed by atoms with Crippen molar-refractivity contribution in [2.24, 2.45) is 0 Å². The highest BCUT2D eigenvalue weighted by molar-refractivity contribution is 5.77. The first-order valence-corrected chi connectivity index (χ1v) is 12.6. The summed E-state index contributed by atoms with van der Waals surface area (Å²) in [6, 6.07) is 9.12. The fraction of sp³-hybridized carbons (Fsp3) is 0.407. The highest BCUT2D eigenvalue weighted by atomic mass is 19.1. The number of aromatic nitrogens is 5. The lowest BCUT2D eigenvalue weighted by molar-refractivity contribution is 0.249. The second kappa shape index (κ2) is 8.46. The van der Waals surface area contributed by atoms with E-state index in [1.165, 1.54) is 34.1 Å². The van der Waals surface area contributed by atoms with Crippen molar-refractivity contribution in [2.75, 3.05) is 18.5 Å². The molecule has 0 bridgehead atoms. The van der Waals surface area contributed by atoms with Crippen molar-refractivity contribution in [3.05, 3.63) is 69.5 Å². The lowest BCUT2D eigenvalue weighted by Gasteiger charge is -2.33. The molecule has 0 amide bonds. The number of nitrogens with zero attached hydrogens (tertiary/aromatic N) is 5. The average molecular weight is 504 g/mol. The minimum absolute atomic E-state index is 0.0523. The lowest BCUT2D eigenvalue weighted by Crippen LogP contribution is -2.38. The first-order chi connectivity index (χ1) is 17.8. The fourth-order valence-electron chi connectivity index (χ4n) is 5.36. The van der Waals surface area contributed by atoms with Gasteiger partial charge in [-0.15, -0.1) is 0 Å². The van der Waals surface area contributed by atoms with Crippen molar-refractivity contribution < 1.29 is 9.50 Å². The number of rotatable bonds is 6. The smallest absolute Gasteiger partial charge is 0.278 e. The summed E-state index contributed by atoms with van der Waals surface area (Å²) in [5.74, 6) is 0.255. The van der Waals surface area contributed by atoms with E-state index in [2.05, 4.69) is 51.6 Å². The Bertz CT molecular complexity index is 1590. The van der Waals surface area contributed by atoms with Gasteiger partial charge in [-0.1, -0.05) is 19.9 Å². The highest BCUT2D eigenvalue weighted by Crippen LogP contribution is 2.47. The molecule has 6 rings (SSSR count). The zero-order valence-electron chi connectivity index (χ0n) is 21.2. The number of hydrogen-bond donors (Lipinski definition) is 3. The molecule has 2 aliphatic rings. The third-order valence-corrected chi connectivity index (χ3v) is 7.65. The molecule has 1 aliphatic heterocycles. The summed E-state index contributed by atoms with van der Waals surface area (Å²) in [5.41, 5.74) is 3.14. The van der Waals surface area contributed by atoms with Crippen LogP contribution in [0.15, 0.2) is 41.3 Å². The van der Waals surface area contributed by atoms with Crippen molar-refractivity contribution in [3.63, 3.8) is 0 Å². The van der Waals surface area contributed by atoms with Crippen LogP contribution in [-0.4, -0.2) is 42.6 Å². The molecule has 0 saturated heterocycles. The van der Waals surface area contributed by atoms with Crippen LogP contribution >= 0.6 is 0 Å². The summed E-state index contributed by atoms with van der Waals surface area (Å²) in [6.45, 7) is 8.22. The summed E-state index contributed by atoms with van der Waals surface area (Å²) in [4.78, 5) is 26.8. The number of anilines is 2. The van der Waals surface area contributed by atoms with Gasteiger partial charge in [0.2, 0.25) is 5.95 Å². The van der Waals surface area contributed by atoms with Gasteiger partial charge in [-0.3, -0.25) is 4.79 Å². The largest absolute Gasteiger partial charge is 0.395 e. The number of hydrogen-bond acceptors (Lipinski definition) is 7. The van der Waals surface area contributed by atoms with E-state index in [0.717, 1.165) is 18.8 Å². The fourth-order valence-corrected chi connectivity index (χ4v) is 5.36. The molecule has 0 radical (unpaired) electrons. The molecule has 0 spiro atoms. The Hall–Kier alpha value is -3.63. The highest BCUT2D eigenvalue weighted by Gasteiger charge is 2.47. The molecule has 0 atom stereocenters. The normalized spacial score (nSPS) is 17.5. The topological polar surface area (TPSA) is 110 Å². The Labute approximate surface area is 213 Å². The average Bonchev–Trinajstić information content (AvgIpc) is 3.63. The molecule has 3 aromatic heterocycles. The van der Waals surface area contributed by atoms with E-state index in [0.29, 0.717) is 42.2 Å². The molecular weight excluding hydrogens is 473 g/mol. The van der Waals surface area contributed by atoms with Gasteiger partial charge in [-0.2, -0.15) is 4.98 Å². The molecule has 4 heterocycles. The van der Waals surface area contributed by atoms with Crippen LogP contribution in [0.3, 0.4) is 0 Å². The quantitative estimate of drug-likeness (QED) is 0.370. The maximum absolute atomic E-state index is 14.7. The minimum atomic E-state index is -0.655. The van der Waals surface area contributed by atoms with Crippen LogP contribution in [0, 0.1) is 5.82 Å². The van der Waals surface area contributed by atoms with E-state index in [9.17, 15) is 14.3 Å².